The molecule has 0 N–H and O–H groups in total. The number of rotatable bonds is 3. The van der Waals surface area contributed by atoms with Gasteiger partial charge >= 0.3 is 0 Å². The van der Waals surface area contributed by atoms with Gasteiger partial charge in [0.15, 0.2) is 6.10 Å². The minimum atomic E-state index is -0.898. The molecule has 0 bridgehead atoms. The fourth-order valence-corrected chi connectivity index (χ4v) is 4.91. The summed E-state index contributed by atoms with van der Waals surface area (Å²) in [5.41, 5.74) is 2.20. The Morgan fingerprint density at radius 1 is 0.697 bits per heavy atom. The summed E-state index contributed by atoms with van der Waals surface area (Å²) in [6, 6.07) is 29.9. The van der Waals surface area contributed by atoms with Gasteiger partial charge in [0, 0.05) is 5.02 Å². The molecule has 2 saturated heterocycles. The Bertz CT molecular complexity index is 1370. The number of carbonyl (C=O) groups excluding carboxylic acids is 2. The molecule has 2 aliphatic heterocycles. The molecular weight excluding hydrogens is 436 g/mol. The van der Waals surface area contributed by atoms with Crippen molar-refractivity contribution in [1.82, 2.24) is 0 Å². The van der Waals surface area contributed by atoms with Gasteiger partial charge < -0.3 is 0 Å². The van der Waals surface area contributed by atoms with Gasteiger partial charge in [-0.2, -0.15) is 0 Å². The Morgan fingerprint density at radius 2 is 1.39 bits per heavy atom. The number of hydrogen-bond acceptors (Lipinski definition) is 4. The molecule has 3 atom stereocenters. The van der Waals surface area contributed by atoms with Crippen molar-refractivity contribution in [2.75, 3.05) is 9.96 Å². The van der Waals surface area contributed by atoms with Crippen LogP contribution in [-0.2, 0) is 14.4 Å². The van der Waals surface area contributed by atoms with E-state index in [2.05, 4.69) is 0 Å². The van der Waals surface area contributed by atoms with E-state index in [4.69, 9.17) is 16.4 Å². The summed E-state index contributed by atoms with van der Waals surface area (Å²) in [5.74, 6) is -1.29. The van der Waals surface area contributed by atoms with E-state index < -0.39 is 18.1 Å². The van der Waals surface area contributed by atoms with Gasteiger partial charge in [-0.1, -0.05) is 72.3 Å². The molecule has 2 fully saturated rings. The topological polar surface area (TPSA) is 49.9 Å². The van der Waals surface area contributed by atoms with Gasteiger partial charge in [0.05, 0.1) is 17.4 Å². The third kappa shape index (κ3) is 3.20. The molecule has 2 heterocycles. The predicted octanol–water partition coefficient (Wildman–Crippen LogP) is 5.54. The number of para-hydroxylation sites is 1. The first-order chi connectivity index (χ1) is 16.1. The molecule has 162 valence electrons. The van der Waals surface area contributed by atoms with Crippen molar-refractivity contribution in [2.24, 2.45) is 5.92 Å². The van der Waals surface area contributed by atoms with Crippen molar-refractivity contribution in [3.8, 4) is 0 Å². The molecule has 4 aromatic carbocycles. The van der Waals surface area contributed by atoms with Gasteiger partial charge in [0.1, 0.15) is 5.92 Å². The van der Waals surface area contributed by atoms with Crippen molar-refractivity contribution in [3.63, 3.8) is 0 Å². The first-order valence-electron chi connectivity index (χ1n) is 10.7. The maximum Gasteiger partial charge on any atom is 0.266 e. The van der Waals surface area contributed by atoms with Crippen molar-refractivity contribution < 1.29 is 14.4 Å². The Hall–Kier alpha value is -3.67. The van der Waals surface area contributed by atoms with E-state index in [-0.39, 0.29) is 11.8 Å². The Balaban J connectivity index is 1.43. The molecule has 0 spiro atoms. The highest BCUT2D eigenvalue weighted by atomic mass is 35.5. The van der Waals surface area contributed by atoms with E-state index in [1.165, 1.54) is 4.90 Å². The molecule has 2 amide bonds. The average Bonchev–Trinajstić information content (AvgIpc) is 3.36. The van der Waals surface area contributed by atoms with Gasteiger partial charge in [-0.15, -0.1) is 0 Å². The third-order valence-electron chi connectivity index (χ3n) is 6.33. The van der Waals surface area contributed by atoms with Crippen molar-refractivity contribution in [3.05, 3.63) is 108 Å². The highest BCUT2D eigenvalue weighted by molar-refractivity contribution is 6.30. The zero-order valence-electron chi connectivity index (χ0n) is 17.5. The maximum atomic E-state index is 13.7. The molecule has 6 rings (SSSR count). The summed E-state index contributed by atoms with van der Waals surface area (Å²) in [6.07, 6.45) is -0.898. The number of anilines is 2. The number of benzene rings is 4. The maximum absolute atomic E-state index is 13.7. The van der Waals surface area contributed by atoms with Gasteiger partial charge in [0.2, 0.25) is 5.91 Å². The lowest BCUT2D eigenvalue weighted by molar-refractivity contribution is -0.126. The molecule has 0 unspecified atom stereocenters. The summed E-state index contributed by atoms with van der Waals surface area (Å²) < 4.78 is 0. The normalized spacial score (nSPS) is 22.3. The zero-order valence-corrected chi connectivity index (χ0v) is 18.2. The van der Waals surface area contributed by atoms with Gasteiger partial charge in [-0.3, -0.25) is 14.4 Å². The average molecular weight is 455 g/mol. The molecule has 0 saturated carbocycles. The molecule has 6 heteroatoms. The fraction of sp³-hybridized carbons (Fsp3) is 0.111. The summed E-state index contributed by atoms with van der Waals surface area (Å²) >= 11 is 6.11. The van der Waals surface area contributed by atoms with Crippen molar-refractivity contribution in [1.29, 1.82) is 0 Å². The van der Waals surface area contributed by atoms with Gasteiger partial charge in [-0.25, -0.2) is 9.96 Å². The van der Waals surface area contributed by atoms with Crippen molar-refractivity contribution >= 4 is 45.6 Å². The van der Waals surface area contributed by atoms with E-state index in [1.54, 1.807) is 17.2 Å². The van der Waals surface area contributed by atoms with E-state index in [0.717, 1.165) is 22.0 Å². The van der Waals surface area contributed by atoms with Gasteiger partial charge in [0.25, 0.3) is 5.91 Å². The minimum absolute atomic E-state index is 0.265. The first-order valence-corrected chi connectivity index (χ1v) is 11.1. The number of amides is 2. The number of hydrogen-bond donors (Lipinski definition) is 0. The molecule has 33 heavy (non-hydrogen) atoms. The lowest BCUT2D eigenvalue weighted by Crippen LogP contribution is -2.37. The standard InChI is InChI=1S/C27H19ClN2O3/c28-20-13-10-18(11-14-20)24-23-25(33-30(24)21-8-2-1-3-9-21)27(32)29(26(23)31)22-15-12-17-6-4-5-7-19(17)16-22/h1-16,23-25H/t23-,24-,25+/m0/s1. The summed E-state index contributed by atoms with van der Waals surface area (Å²) in [4.78, 5) is 34.7. The lowest BCUT2D eigenvalue weighted by atomic mass is 9.90. The van der Waals surface area contributed by atoms with E-state index in [0.29, 0.717) is 10.7 Å². The van der Waals surface area contributed by atoms with E-state index in [9.17, 15) is 9.59 Å². The summed E-state index contributed by atoms with van der Waals surface area (Å²) in [6.45, 7) is 0. The predicted molar refractivity (Wildman–Crippen MR) is 128 cm³/mol. The highest BCUT2D eigenvalue weighted by Gasteiger charge is 2.60. The van der Waals surface area contributed by atoms with E-state index >= 15 is 0 Å². The second kappa shape index (κ2) is 7.73. The minimum Gasteiger partial charge on any atom is -0.273 e. The molecule has 4 aromatic rings. The smallest absolute Gasteiger partial charge is 0.266 e. The second-order valence-electron chi connectivity index (χ2n) is 8.25. The molecular formula is C27H19ClN2O3. The number of hydroxylamine groups is 1. The molecule has 0 aromatic heterocycles. The molecule has 0 aliphatic carbocycles. The van der Waals surface area contributed by atoms with Crippen LogP contribution in [0.5, 0.6) is 0 Å². The Kier molecular flexibility index (Phi) is 4.68. The Morgan fingerprint density at radius 3 is 2.15 bits per heavy atom. The number of fused-ring (bicyclic) bond motifs is 2. The largest absolute Gasteiger partial charge is 0.273 e. The van der Waals surface area contributed by atoms with Crippen LogP contribution in [0.3, 0.4) is 0 Å². The van der Waals surface area contributed by atoms with Crippen molar-refractivity contribution in [2.45, 2.75) is 12.1 Å². The van der Waals surface area contributed by atoms with Crippen LogP contribution in [0.1, 0.15) is 11.6 Å². The second-order valence-corrected chi connectivity index (χ2v) is 8.69. The fourth-order valence-electron chi connectivity index (χ4n) is 4.78. The van der Waals surface area contributed by atoms with Crippen LogP contribution in [0.4, 0.5) is 11.4 Å². The number of nitrogens with zero attached hydrogens (tertiary/aromatic N) is 2. The highest BCUT2D eigenvalue weighted by Crippen LogP contribution is 2.47. The van der Waals surface area contributed by atoms with Crippen LogP contribution in [0, 0.1) is 5.92 Å². The Labute approximate surface area is 195 Å². The molecule has 0 radical (unpaired) electrons. The number of carbonyl (C=O) groups is 2. The number of halogens is 1. The van der Waals surface area contributed by atoms with Gasteiger partial charge in [-0.05, 0) is 52.7 Å². The van der Waals surface area contributed by atoms with Crippen LogP contribution < -0.4 is 9.96 Å². The van der Waals surface area contributed by atoms with Crippen LogP contribution in [-0.4, -0.2) is 17.9 Å². The zero-order chi connectivity index (χ0) is 22.5. The number of imide groups is 1. The van der Waals surface area contributed by atoms with Crippen LogP contribution in [0.15, 0.2) is 97.1 Å². The SMILES string of the molecule is O=C1[C@@H]2[C@@H](ON(c3ccccc3)[C@H]2c2ccc(Cl)cc2)C(=O)N1c1ccc2ccccc2c1. The van der Waals surface area contributed by atoms with Crippen LogP contribution in [0.2, 0.25) is 5.02 Å². The van der Waals surface area contributed by atoms with Crippen LogP contribution >= 0.6 is 11.6 Å². The summed E-state index contributed by atoms with van der Waals surface area (Å²) in [7, 11) is 0. The first kappa shape index (κ1) is 20.0. The lowest BCUT2D eigenvalue weighted by Gasteiger charge is -2.28. The monoisotopic (exact) mass is 454 g/mol. The van der Waals surface area contributed by atoms with Crippen LogP contribution in [0.25, 0.3) is 10.8 Å². The quantitative estimate of drug-likeness (QED) is 0.381. The van der Waals surface area contributed by atoms with E-state index in [1.807, 2.05) is 84.9 Å². The molecule has 5 nitrogen and oxygen atoms in total. The summed E-state index contributed by atoms with van der Waals surface area (Å²) in [5, 5.41) is 4.30. The molecule has 2 aliphatic rings. The third-order valence-corrected chi connectivity index (χ3v) is 6.58.